The van der Waals surface area contributed by atoms with Gasteiger partial charge in [-0.2, -0.15) is 0 Å². The Morgan fingerprint density at radius 2 is 1.76 bits per heavy atom. The minimum Gasteiger partial charge on any atom is -0.481 e. The molecule has 1 amide bonds. The molecule has 116 valence electrons. The average Bonchev–Trinajstić information content (AvgIpc) is 2.37. The van der Waals surface area contributed by atoms with E-state index >= 15 is 0 Å². The van der Waals surface area contributed by atoms with Crippen LogP contribution in [0.1, 0.15) is 29.3 Å². The lowest BCUT2D eigenvalue weighted by Crippen LogP contribution is -2.32. The molecule has 1 N–H and O–H groups in total. The molecule has 0 aliphatic heterocycles. The molecule has 0 fully saturated rings. The Labute approximate surface area is 124 Å². The lowest BCUT2D eigenvalue weighted by Gasteiger charge is -2.20. The molecule has 0 saturated carbocycles. The zero-order valence-electron chi connectivity index (χ0n) is 12.1. The van der Waals surface area contributed by atoms with Crippen LogP contribution in [0.25, 0.3) is 0 Å². The van der Waals surface area contributed by atoms with Crippen molar-refractivity contribution in [3.8, 4) is 0 Å². The summed E-state index contributed by atoms with van der Waals surface area (Å²) < 4.78 is 22.4. The van der Waals surface area contributed by atoms with Gasteiger partial charge in [-0.05, 0) is 24.6 Å². The van der Waals surface area contributed by atoms with Crippen LogP contribution in [-0.4, -0.2) is 49.6 Å². The van der Waals surface area contributed by atoms with Gasteiger partial charge in [0.2, 0.25) is 0 Å². The van der Waals surface area contributed by atoms with Gasteiger partial charge in [0, 0.05) is 24.9 Å². The maximum atomic E-state index is 12.2. The van der Waals surface area contributed by atoms with Crippen molar-refractivity contribution in [3.63, 3.8) is 0 Å². The highest BCUT2D eigenvalue weighted by atomic mass is 32.2. The first kappa shape index (κ1) is 17.2. The van der Waals surface area contributed by atoms with Gasteiger partial charge in [-0.25, -0.2) is 8.42 Å². The fourth-order valence-corrected chi connectivity index (χ4v) is 2.66. The molecular weight excluding hydrogens is 294 g/mol. The summed E-state index contributed by atoms with van der Waals surface area (Å²) in [7, 11) is -3.11. The average molecular weight is 313 g/mol. The van der Waals surface area contributed by atoms with E-state index in [4.69, 9.17) is 5.11 Å². The fourth-order valence-electron chi connectivity index (χ4n) is 1.86. The lowest BCUT2D eigenvalue weighted by molar-refractivity contribution is -0.137. The van der Waals surface area contributed by atoms with Gasteiger partial charge < -0.3 is 10.0 Å². The molecule has 0 bridgehead atoms. The first-order chi connectivity index (χ1) is 9.73. The third-order valence-electron chi connectivity index (χ3n) is 2.89. The van der Waals surface area contributed by atoms with Crippen LogP contribution < -0.4 is 0 Å². The van der Waals surface area contributed by atoms with Crippen molar-refractivity contribution in [3.05, 3.63) is 35.4 Å². The van der Waals surface area contributed by atoms with Crippen LogP contribution in [0.4, 0.5) is 0 Å². The second kappa shape index (κ2) is 7.21. The highest BCUT2D eigenvalue weighted by Crippen LogP contribution is 2.10. The van der Waals surface area contributed by atoms with Crippen LogP contribution >= 0.6 is 0 Å². The molecule has 0 atom stereocenters. The van der Waals surface area contributed by atoms with Crippen LogP contribution in [0, 0.1) is 0 Å². The van der Waals surface area contributed by atoms with E-state index in [9.17, 15) is 18.0 Å². The fraction of sp³-hybridized carbons (Fsp3) is 0.429. The van der Waals surface area contributed by atoms with E-state index in [1.54, 1.807) is 31.2 Å². The second-order valence-electron chi connectivity index (χ2n) is 4.80. The molecule has 0 aliphatic carbocycles. The number of amides is 1. The Hall–Kier alpha value is -1.89. The molecule has 0 aliphatic rings. The van der Waals surface area contributed by atoms with Crippen molar-refractivity contribution in [1.82, 2.24) is 4.90 Å². The first-order valence-electron chi connectivity index (χ1n) is 6.50. The van der Waals surface area contributed by atoms with Crippen LogP contribution in [0.2, 0.25) is 0 Å². The molecule has 0 radical (unpaired) electrons. The van der Waals surface area contributed by atoms with E-state index in [1.807, 2.05) is 0 Å². The van der Waals surface area contributed by atoms with Gasteiger partial charge in [-0.1, -0.05) is 12.1 Å². The predicted octanol–water partition coefficient (Wildman–Crippen LogP) is 1.17. The number of carboxylic acid groups (broad SMARTS) is 1. The Bertz CT molecular complexity index is 607. The smallest absolute Gasteiger partial charge is 0.305 e. The van der Waals surface area contributed by atoms with Crippen LogP contribution in [0.15, 0.2) is 24.3 Å². The summed E-state index contributed by atoms with van der Waals surface area (Å²) >= 11 is 0. The van der Waals surface area contributed by atoms with E-state index in [0.717, 1.165) is 6.26 Å². The molecule has 0 aromatic heterocycles. The summed E-state index contributed by atoms with van der Waals surface area (Å²) in [4.78, 5) is 24.2. The maximum Gasteiger partial charge on any atom is 0.305 e. The van der Waals surface area contributed by atoms with E-state index < -0.39 is 15.8 Å². The normalized spacial score (nSPS) is 11.1. The standard InChI is InChI=1S/C14H19NO5S/c1-3-15(9-8-13(16)17)14(18)12-6-4-11(5-7-12)10-21(2,19)20/h4-7H,3,8-10H2,1-2H3,(H,16,17). The lowest BCUT2D eigenvalue weighted by atomic mass is 10.1. The predicted molar refractivity (Wildman–Crippen MR) is 78.8 cm³/mol. The van der Waals surface area contributed by atoms with Crippen molar-refractivity contribution in [2.45, 2.75) is 19.1 Å². The van der Waals surface area contributed by atoms with Gasteiger partial charge >= 0.3 is 5.97 Å². The first-order valence-corrected chi connectivity index (χ1v) is 8.56. The number of hydrogen-bond acceptors (Lipinski definition) is 4. The van der Waals surface area contributed by atoms with Gasteiger partial charge in [0.25, 0.3) is 5.91 Å². The minimum absolute atomic E-state index is 0.0715. The Balaban J connectivity index is 2.79. The zero-order valence-corrected chi connectivity index (χ0v) is 12.9. The molecule has 6 nitrogen and oxygen atoms in total. The highest BCUT2D eigenvalue weighted by molar-refractivity contribution is 7.89. The molecule has 21 heavy (non-hydrogen) atoms. The summed E-state index contributed by atoms with van der Waals surface area (Å²) in [5.74, 6) is -1.28. The van der Waals surface area contributed by atoms with Crippen molar-refractivity contribution in [2.24, 2.45) is 0 Å². The number of nitrogens with zero attached hydrogens (tertiary/aromatic N) is 1. The molecular formula is C14H19NO5S. The molecule has 7 heteroatoms. The molecule has 0 spiro atoms. The van der Waals surface area contributed by atoms with Crippen LogP contribution in [-0.2, 0) is 20.4 Å². The number of benzene rings is 1. The second-order valence-corrected chi connectivity index (χ2v) is 6.94. The molecule has 0 saturated heterocycles. The Morgan fingerprint density at radius 3 is 2.19 bits per heavy atom. The van der Waals surface area contributed by atoms with Crippen molar-refractivity contribution >= 4 is 21.7 Å². The summed E-state index contributed by atoms with van der Waals surface area (Å²) in [6.07, 6.45) is 1.04. The minimum atomic E-state index is -3.11. The Kier molecular flexibility index (Phi) is 5.90. The summed E-state index contributed by atoms with van der Waals surface area (Å²) in [6, 6.07) is 6.32. The monoisotopic (exact) mass is 313 g/mol. The summed E-state index contributed by atoms with van der Waals surface area (Å²) in [5, 5.41) is 8.66. The topological polar surface area (TPSA) is 91.8 Å². The largest absolute Gasteiger partial charge is 0.481 e. The molecule has 1 rings (SSSR count). The van der Waals surface area contributed by atoms with E-state index in [1.165, 1.54) is 4.90 Å². The van der Waals surface area contributed by atoms with Gasteiger partial charge in [0.05, 0.1) is 12.2 Å². The molecule has 0 unspecified atom stereocenters. The van der Waals surface area contributed by atoms with Gasteiger partial charge in [0.15, 0.2) is 9.84 Å². The third kappa shape index (κ3) is 5.95. The SMILES string of the molecule is CCN(CCC(=O)O)C(=O)c1ccc(CS(C)(=O)=O)cc1. The Morgan fingerprint density at radius 1 is 1.19 bits per heavy atom. The third-order valence-corrected chi connectivity index (χ3v) is 3.75. The summed E-state index contributed by atoms with van der Waals surface area (Å²) in [5.41, 5.74) is 1.03. The molecule has 0 heterocycles. The number of carbonyl (C=O) groups excluding carboxylic acids is 1. The molecule has 1 aromatic rings. The van der Waals surface area contributed by atoms with Crippen molar-refractivity contribution < 1.29 is 23.1 Å². The number of hydrogen-bond donors (Lipinski definition) is 1. The zero-order chi connectivity index (χ0) is 16.0. The summed E-state index contributed by atoms with van der Waals surface area (Å²) in [6.45, 7) is 2.34. The van der Waals surface area contributed by atoms with Crippen LogP contribution in [0.5, 0.6) is 0 Å². The van der Waals surface area contributed by atoms with Gasteiger partial charge in [-0.3, -0.25) is 9.59 Å². The highest BCUT2D eigenvalue weighted by Gasteiger charge is 2.15. The van der Waals surface area contributed by atoms with Crippen molar-refractivity contribution in [2.75, 3.05) is 19.3 Å². The quantitative estimate of drug-likeness (QED) is 0.816. The van der Waals surface area contributed by atoms with E-state index in [-0.39, 0.29) is 24.6 Å². The van der Waals surface area contributed by atoms with Gasteiger partial charge in [-0.15, -0.1) is 0 Å². The van der Waals surface area contributed by atoms with Crippen LogP contribution in [0.3, 0.4) is 0 Å². The van der Waals surface area contributed by atoms with E-state index in [0.29, 0.717) is 17.7 Å². The number of carbonyl (C=O) groups is 2. The van der Waals surface area contributed by atoms with Crippen molar-refractivity contribution in [1.29, 1.82) is 0 Å². The molecule has 1 aromatic carbocycles. The maximum absolute atomic E-state index is 12.2. The number of sulfone groups is 1. The number of aliphatic carboxylic acids is 1. The van der Waals surface area contributed by atoms with Gasteiger partial charge in [0.1, 0.15) is 0 Å². The number of carboxylic acids is 1. The number of rotatable bonds is 7. The van der Waals surface area contributed by atoms with E-state index in [2.05, 4.69) is 0 Å².